The average molecular weight is 315 g/mol. The Bertz CT molecular complexity index is 670. The summed E-state index contributed by atoms with van der Waals surface area (Å²) in [6.45, 7) is -1.04. The zero-order valence-electron chi connectivity index (χ0n) is 10.9. The van der Waals surface area contributed by atoms with Crippen LogP contribution in [0.2, 0.25) is 0 Å². The van der Waals surface area contributed by atoms with Crippen LogP contribution in [-0.2, 0) is 4.79 Å². The summed E-state index contributed by atoms with van der Waals surface area (Å²) >= 11 is 1.22. The minimum Gasteiger partial charge on any atom is -0.333 e. The quantitative estimate of drug-likeness (QED) is 0.874. The van der Waals surface area contributed by atoms with Crippen molar-refractivity contribution >= 4 is 23.2 Å². The molecule has 3 heterocycles. The molecular formula is C13H12F3N3OS. The van der Waals surface area contributed by atoms with Crippen LogP contribution in [0.4, 0.5) is 13.2 Å². The lowest BCUT2D eigenvalue weighted by molar-refractivity contribution is -0.157. The Hall–Kier alpha value is -1.70. The maximum Gasteiger partial charge on any atom is 0.406 e. The molecule has 2 aromatic heterocycles. The number of likely N-dealkylation sites (tertiary alicyclic amines) is 1. The van der Waals surface area contributed by atoms with Crippen molar-refractivity contribution in [3.05, 3.63) is 30.6 Å². The number of pyridine rings is 1. The summed E-state index contributed by atoms with van der Waals surface area (Å²) in [5.41, 5.74) is 0.887. The van der Waals surface area contributed by atoms with E-state index in [0.717, 1.165) is 10.4 Å². The summed E-state index contributed by atoms with van der Waals surface area (Å²) in [7, 11) is 0. The smallest absolute Gasteiger partial charge is 0.333 e. The maximum absolute atomic E-state index is 12.4. The number of nitrogens with zero attached hydrogens (tertiary/aromatic N) is 3. The van der Waals surface area contributed by atoms with Gasteiger partial charge < -0.3 is 4.90 Å². The lowest BCUT2D eigenvalue weighted by Crippen LogP contribution is -2.36. The van der Waals surface area contributed by atoms with Gasteiger partial charge in [-0.05, 0) is 18.6 Å². The topological polar surface area (TPSA) is 37.6 Å². The molecule has 2 aromatic rings. The maximum atomic E-state index is 12.4. The van der Waals surface area contributed by atoms with Crippen LogP contribution < -0.4 is 0 Å². The molecule has 1 fully saturated rings. The number of halogens is 3. The van der Waals surface area contributed by atoms with Crippen LogP contribution in [0.1, 0.15) is 6.42 Å². The fourth-order valence-corrected chi connectivity index (χ4v) is 3.45. The van der Waals surface area contributed by atoms with E-state index in [9.17, 15) is 18.0 Å². The first-order valence-electron chi connectivity index (χ1n) is 6.38. The summed E-state index contributed by atoms with van der Waals surface area (Å²) in [5.74, 6) is -0.468. The van der Waals surface area contributed by atoms with Crippen molar-refractivity contribution in [3.8, 4) is 0 Å². The molecule has 4 nitrogen and oxygen atoms in total. The first-order chi connectivity index (χ1) is 9.94. The Kier molecular flexibility index (Phi) is 3.56. The van der Waals surface area contributed by atoms with Gasteiger partial charge in [0.05, 0.1) is 17.0 Å². The molecule has 0 saturated carbocycles. The Morgan fingerprint density at radius 1 is 1.38 bits per heavy atom. The Balaban J connectivity index is 1.73. The number of thioether (sulfide) groups is 1. The van der Waals surface area contributed by atoms with Gasteiger partial charge in [0.1, 0.15) is 6.54 Å². The fraction of sp³-hybridized carbons (Fsp3) is 0.385. The number of carbonyl (C=O) groups excluding carboxylic acids is 1. The van der Waals surface area contributed by atoms with Gasteiger partial charge in [0, 0.05) is 12.7 Å². The van der Waals surface area contributed by atoms with Gasteiger partial charge in [-0.25, -0.2) is 4.98 Å². The largest absolute Gasteiger partial charge is 0.406 e. The number of carbonyl (C=O) groups is 1. The molecule has 0 bridgehead atoms. The third-order valence-electron chi connectivity index (χ3n) is 3.27. The summed E-state index contributed by atoms with van der Waals surface area (Å²) in [4.78, 5) is 17.1. The second-order valence-electron chi connectivity index (χ2n) is 4.81. The first kappa shape index (κ1) is 14.2. The van der Waals surface area contributed by atoms with Gasteiger partial charge >= 0.3 is 6.18 Å². The normalized spacial score (nSPS) is 19.7. The number of hydrogen-bond donors (Lipinski definition) is 0. The SMILES string of the molecule is O=C1C(Sc2ncc3ccccn23)CCN1CC(F)(F)F. The number of aromatic nitrogens is 2. The highest BCUT2D eigenvalue weighted by atomic mass is 32.2. The number of fused-ring (bicyclic) bond motifs is 1. The third kappa shape index (κ3) is 2.99. The molecule has 1 aliphatic rings. The van der Waals surface area contributed by atoms with E-state index in [-0.39, 0.29) is 6.54 Å². The van der Waals surface area contributed by atoms with Crippen LogP contribution in [0.5, 0.6) is 0 Å². The molecule has 1 amide bonds. The lowest BCUT2D eigenvalue weighted by Gasteiger charge is -2.18. The van der Waals surface area contributed by atoms with Gasteiger partial charge in [0.15, 0.2) is 5.16 Å². The number of hydrogen-bond acceptors (Lipinski definition) is 3. The van der Waals surface area contributed by atoms with Gasteiger partial charge in [0.2, 0.25) is 5.91 Å². The lowest BCUT2D eigenvalue weighted by atomic mass is 10.4. The molecule has 112 valence electrons. The van der Waals surface area contributed by atoms with Crippen molar-refractivity contribution in [2.75, 3.05) is 13.1 Å². The van der Waals surface area contributed by atoms with E-state index in [0.29, 0.717) is 11.6 Å². The molecule has 1 aliphatic heterocycles. The molecule has 1 atom stereocenters. The minimum absolute atomic E-state index is 0.138. The van der Waals surface area contributed by atoms with E-state index < -0.39 is 23.9 Å². The molecule has 0 radical (unpaired) electrons. The highest BCUT2D eigenvalue weighted by molar-refractivity contribution is 8.00. The number of alkyl halides is 3. The molecular weight excluding hydrogens is 303 g/mol. The van der Waals surface area contributed by atoms with E-state index in [2.05, 4.69) is 4.98 Å². The summed E-state index contributed by atoms with van der Waals surface area (Å²) < 4.78 is 39.0. The van der Waals surface area contributed by atoms with Gasteiger partial charge in [-0.3, -0.25) is 9.20 Å². The predicted molar refractivity (Wildman–Crippen MR) is 72.1 cm³/mol. The third-order valence-corrected chi connectivity index (χ3v) is 4.51. The fourth-order valence-electron chi connectivity index (χ4n) is 2.33. The van der Waals surface area contributed by atoms with Gasteiger partial charge in [-0.15, -0.1) is 0 Å². The average Bonchev–Trinajstić information content (AvgIpc) is 2.96. The highest BCUT2D eigenvalue weighted by Crippen LogP contribution is 2.31. The Labute approximate surface area is 122 Å². The second-order valence-corrected chi connectivity index (χ2v) is 5.98. The van der Waals surface area contributed by atoms with E-state index in [4.69, 9.17) is 0 Å². The van der Waals surface area contributed by atoms with Gasteiger partial charge in [-0.2, -0.15) is 13.2 Å². The van der Waals surface area contributed by atoms with Crippen molar-refractivity contribution in [3.63, 3.8) is 0 Å². The van der Waals surface area contributed by atoms with Crippen LogP contribution in [0.15, 0.2) is 35.7 Å². The van der Waals surface area contributed by atoms with Crippen LogP contribution in [-0.4, -0.2) is 44.7 Å². The van der Waals surface area contributed by atoms with Crippen molar-refractivity contribution in [2.24, 2.45) is 0 Å². The zero-order chi connectivity index (χ0) is 15.0. The Morgan fingerprint density at radius 3 is 2.95 bits per heavy atom. The van der Waals surface area contributed by atoms with Crippen molar-refractivity contribution in [1.29, 1.82) is 0 Å². The number of rotatable bonds is 3. The van der Waals surface area contributed by atoms with Crippen LogP contribution in [0.25, 0.3) is 5.52 Å². The van der Waals surface area contributed by atoms with E-state index >= 15 is 0 Å². The molecule has 0 spiro atoms. The number of imidazole rings is 1. The van der Waals surface area contributed by atoms with Crippen LogP contribution >= 0.6 is 11.8 Å². The molecule has 0 aliphatic carbocycles. The number of amides is 1. The summed E-state index contributed by atoms with van der Waals surface area (Å²) in [5, 5.41) is 0.121. The van der Waals surface area contributed by atoms with Crippen LogP contribution in [0, 0.1) is 0 Å². The van der Waals surface area contributed by atoms with Gasteiger partial charge in [-0.1, -0.05) is 17.8 Å². The van der Waals surface area contributed by atoms with E-state index in [1.165, 1.54) is 11.8 Å². The summed E-state index contributed by atoms with van der Waals surface area (Å²) in [6, 6.07) is 5.59. The highest BCUT2D eigenvalue weighted by Gasteiger charge is 2.40. The van der Waals surface area contributed by atoms with E-state index in [1.807, 2.05) is 28.8 Å². The molecule has 3 rings (SSSR count). The molecule has 0 N–H and O–H groups in total. The monoisotopic (exact) mass is 315 g/mol. The first-order valence-corrected chi connectivity index (χ1v) is 7.26. The van der Waals surface area contributed by atoms with E-state index in [1.54, 1.807) is 6.20 Å². The second kappa shape index (κ2) is 5.25. The zero-order valence-corrected chi connectivity index (χ0v) is 11.7. The summed E-state index contributed by atoms with van der Waals surface area (Å²) in [6.07, 6.45) is -0.455. The van der Waals surface area contributed by atoms with Crippen LogP contribution in [0.3, 0.4) is 0 Å². The van der Waals surface area contributed by atoms with Crippen molar-refractivity contribution in [1.82, 2.24) is 14.3 Å². The van der Waals surface area contributed by atoms with Gasteiger partial charge in [0.25, 0.3) is 0 Å². The Morgan fingerprint density at radius 2 is 2.19 bits per heavy atom. The standard InChI is InChI=1S/C13H12F3N3OS/c14-13(15,16)8-18-6-4-10(11(18)20)21-12-17-7-9-3-1-2-5-19(9)12/h1-3,5,7,10H,4,6,8H2. The minimum atomic E-state index is -4.35. The molecule has 0 aromatic carbocycles. The predicted octanol–water partition coefficient (Wildman–Crippen LogP) is 2.59. The van der Waals surface area contributed by atoms with Crippen molar-refractivity contribution < 1.29 is 18.0 Å². The molecule has 8 heteroatoms. The molecule has 1 saturated heterocycles. The molecule has 1 unspecified atom stereocenters. The van der Waals surface area contributed by atoms with Crippen molar-refractivity contribution in [2.45, 2.75) is 23.0 Å². The molecule has 21 heavy (non-hydrogen) atoms.